The van der Waals surface area contributed by atoms with Crippen molar-refractivity contribution in [3.63, 3.8) is 0 Å². The van der Waals surface area contributed by atoms with Crippen molar-refractivity contribution < 1.29 is 9.53 Å². The summed E-state index contributed by atoms with van der Waals surface area (Å²) in [6.45, 7) is 2.35. The summed E-state index contributed by atoms with van der Waals surface area (Å²) in [5, 5.41) is 3.16. The van der Waals surface area contributed by atoms with Crippen LogP contribution in [0.3, 0.4) is 0 Å². The van der Waals surface area contributed by atoms with Crippen LogP contribution in [0.25, 0.3) is 11.0 Å². The van der Waals surface area contributed by atoms with E-state index in [9.17, 15) is 4.79 Å². The molecule has 1 fully saturated rings. The van der Waals surface area contributed by atoms with E-state index in [1.165, 1.54) is 24.8 Å². The maximum Gasteiger partial charge on any atom is 0.240 e. The minimum atomic E-state index is 0.0566. The van der Waals surface area contributed by atoms with Gasteiger partial charge in [0, 0.05) is 12.1 Å². The Morgan fingerprint density at radius 3 is 2.63 bits per heavy atom. The lowest BCUT2D eigenvalue weighted by molar-refractivity contribution is -0.122. The van der Waals surface area contributed by atoms with Gasteiger partial charge in [-0.05, 0) is 44.0 Å². The summed E-state index contributed by atoms with van der Waals surface area (Å²) >= 11 is 0. The van der Waals surface area contributed by atoms with Crippen molar-refractivity contribution in [2.45, 2.75) is 51.6 Å². The number of hydrogen-bond acceptors (Lipinski definition) is 3. The van der Waals surface area contributed by atoms with E-state index >= 15 is 0 Å². The number of nitrogens with one attached hydrogen (secondary N) is 1. The van der Waals surface area contributed by atoms with E-state index in [1.54, 1.807) is 6.33 Å². The summed E-state index contributed by atoms with van der Waals surface area (Å²) in [4.78, 5) is 16.8. The molecule has 0 unspecified atom stereocenters. The number of aromatic nitrogens is 2. The molecule has 0 aliphatic heterocycles. The van der Waals surface area contributed by atoms with E-state index in [4.69, 9.17) is 4.74 Å². The Morgan fingerprint density at radius 2 is 1.85 bits per heavy atom. The van der Waals surface area contributed by atoms with E-state index in [0.717, 1.165) is 35.4 Å². The molecule has 1 amide bonds. The van der Waals surface area contributed by atoms with E-state index in [2.05, 4.69) is 10.3 Å². The number of aryl methyl sites for hydroxylation is 1. The van der Waals surface area contributed by atoms with Gasteiger partial charge in [-0.15, -0.1) is 0 Å². The van der Waals surface area contributed by atoms with E-state index < -0.39 is 0 Å². The van der Waals surface area contributed by atoms with Crippen LogP contribution < -0.4 is 10.1 Å². The van der Waals surface area contributed by atoms with Gasteiger partial charge in [-0.3, -0.25) is 4.79 Å². The van der Waals surface area contributed by atoms with Crippen LogP contribution in [0.15, 0.2) is 48.8 Å². The van der Waals surface area contributed by atoms with Crippen molar-refractivity contribution in [3.05, 3.63) is 54.4 Å². The first-order valence-electron chi connectivity index (χ1n) is 9.66. The summed E-state index contributed by atoms with van der Waals surface area (Å²) in [7, 11) is 0. The average Bonchev–Trinajstić information content (AvgIpc) is 3.06. The molecule has 27 heavy (non-hydrogen) atoms. The minimum Gasteiger partial charge on any atom is -0.457 e. The number of ether oxygens (including phenoxy) is 1. The number of imidazole rings is 1. The molecule has 3 aromatic rings. The van der Waals surface area contributed by atoms with Gasteiger partial charge in [0.15, 0.2) is 0 Å². The molecule has 1 aromatic heterocycles. The molecule has 5 nitrogen and oxygen atoms in total. The number of rotatable bonds is 5. The number of hydrogen-bond donors (Lipinski definition) is 1. The number of amides is 1. The normalized spacial score (nSPS) is 15.0. The highest BCUT2D eigenvalue weighted by Crippen LogP contribution is 2.25. The van der Waals surface area contributed by atoms with Gasteiger partial charge in [0.1, 0.15) is 18.0 Å². The average molecular weight is 363 g/mol. The standard InChI is InChI=1S/C22H25N3O2/c1-16-7-9-18(10-8-16)27-19-11-12-21-20(13-19)23-15-25(21)14-22(26)24-17-5-3-2-4-6-17/h7-13,15,17H,2-6,14H2,1H3,(H,24,26). The number of nitrogens with zero attached hydrogens (tertiary/aromatic N) is 2. The van der Waals surface area contributed by atoms with Gasteiger partial charge in [-0.25, -0.2) is 4.98 Å². The molecule has 1 saturated carbocycles. The van der Waals surface area contributed by atoms with Crippen molar-refractivity contribution in [2.75, 3.05) is 0 Å². The molecule has 1 N–H and O–H groups in total. The lowest BCUT2D eigenvalue weighted by Gasteiger charge is -2.22. The first-order chi connectivity index (χ1) is 13.2. The van der Waals surface area contributed by atoms with Crippen molar-refractivity contribution in [1.29, 1.82) is 0 Å². The second-order valence-corrected chi connectivity index (χ2v) is 7.34. The van der Waals surface area contributed by atoms with Crippen LogP contribution >= 0.6 is 0 Å². The maximum absolute atomic E-state index is 12.4. The summed E-state index contributed by atoms with van der Waals surface area (Å²) in [6, 6.07) is 14.1. The summed E-state index contributed by atoms with van der Waals surface area (Å²) in [5.41, 5.74) is 2.96. The van der Waals surface area contributed by atoms with Gasteiger partial charge < -0.3 is 14.6 Å². The second-order valence-electron chi connectivity index (χ2n) is 7.34. The molecule has 4 rings (SSSR count). The second kappa shape index (κ2) is 7.82. The molecular weight excluding hydrogens is 338 g/mol. The smallest absolute Gasteiger partial charge is 0.240 e. The minimum absolute atomic E-state index is 0.0566. The van der Waals surface area contributed by atoms with Gasteiger partial charge in [0.2, 0.25) is 5.91 Å². The summed E-state index contributed by atoms with van der Waals surface area (Å²) < 4.78 is 7.80. The molecule has 1 heterocycles. The Kier molecular flexibility index (Phi) is 5.10. The van der Waals surface area contributed by atoms with E-state index in [1.807, 2.05) is 54.0 Å². The van der Waals surface area contributed by atoms with Crippen LogP contribution in [0.2, 0.25) is 0 Å². The summed E-state index contributed by atoms with van der Waals surface area (Å²) in [6.07, 6.45) is 7.62. The van der Waals surface area contributed by atoms with E-state index in [-0.39, 0.29) is 5.91 Å². The third-order valence-electron chi connectivity index (χ3n) is 5.13. The van der Waals surface area contributed by atoms with Crippen LogP contribution in [0.1, 0.15) is 37.7 Å². The number of carbonyl (C=O) groups is 1. The third kappa shape index (κ3) is 4.30. The van der Waals surface area contributed by atoms with Crippen molar-refractivity contribution in [1.82, 2.24) is 14.9 Å². The first kappa shape index (κ1) is 17.6. The van der Waals surface area contributed by atoms with Crippen LogP contribution in [0.5, 0.6) is 11.5 Å². The molecule has 0 atom stereocenters. The van der Waals surface area contributed by atoms with Crippen molar-refractivity contribution in [2.24, 2.45) is 0 Å². The number of benzene rings is 2. The van der Waals surface area contributed by atoms with Gasteiger partial charge in [0.25, 0.3) is 0 Å². The van der Waals surface area contributed by atoms with Gasteiger partial charge in [-0.2, -0.15) is 0 Å². The van der Waals surface area contributed by atoms with Crippen LogP contribution in [-0.2, 0) is 11.3 Å². The van der Waals surface area contributed by atoms with Crippen LogP contribution in [0.4, 0.5) is 0 Å². The van der Waals surface area contributed by atoms with Crippen molar-refractivity contribution >= 4 is 16.9 Å². The van der Waals surface area contributed by atoms with Crippen LogP contribution in [0, 0.1) is 6.92 Å². The Hall–Kier alpha value is -2.82. The highest BCUT2D eigenvalue weighted by Gasteiger charge is 2.16. The first-order valence-corrected chi connectivity index (χ1v) is 9.66. The quantitative estimate of drug-likeness (QED) is 0.721. The predicted molar refractivity (Wildman–Crippen MR) is 106 cm³/mol. The monoisotopic (exact) mass is 363 g/mol. The van der Waals surface area contributed by atoms with Gasteiger partial charge in [-0.1, -0.05) is 37.0 Å². The highest BCUT2D eigenvalue weighted by molar-refractivity contribution is 5.81. The molecule has 1 aliphatic carbocycles. The molecule has 0 radical (unpaired) electrons. The molecule has 1 aliphatic rings. The fraction of sp³-hybridized carbons (Fsp3) is 0.364. The van der Waals surface area contributed by atoms with Crippen LogP contribution in [-0.4, -0.2) is 21.5 Å². The SMILES string of the molecule is Cc1ccc(Oc2ccc3c(c2)ncn3CC(=O)NC2CCCCC2)cc1. The lowest BCUT2D eigenvalue weighted by atomic mass is 9.95. The van der Waals surface area contributed by atoms with Crippen molar-refractivity contribution in [3.8, 4) is 11.5 Å². The zero-order chi connectivity index (χ0) is 18.6. The molecule has 0 saturated heterocycles. The molecule has 140 valence electrons. The molecule has 0 bridgehead atoms. The highest BCUT2D eigenvalue weighted by atomic mass is 16.5. The summed E-state index contributed by atoms with van der Waals surface area (Å²) in [5.74, 6) is 1.59. The Labute approximate surface area is 159 Å². The number of carbonyl (C=O) groups excluding carboxylic acids is 1. The Balaban J connectivity index is 1.43. The van der Waals surface area contributed by atoms with Gasteiger partial charge >= 0.3 is 0 Å². The topological polar surface area (TPSA) is 56.2 Å². The molecular formula is C22H25N3O2. The third-order valence-corrected chi connectivity index (χ3v) is 5.13. The number of fused-ring (bicyclic) bond motifs is 1. The largest absolute Gasteiger partial charge is 0.457 e. The molecule has 2 aromatic carbocycles. The van der Waals surface area contributed by atoms with Gasteiger partial charge in [0.05, 0.1) is 17.4 Å². The zero-order valence-electron chi connectivity index (χ0n) is 15.6. The Morgan fingerprint density at radius 1 is 1.11 bits per heavy atom. The fourth-order valence-corrected chi connectivity index (χ4v) is 3.65. The Bertz CT molecular complexity index is 924. The predicted octanol–water partition coefficient (Wildman–Crippen LogP) is 4.59. The molecule has 0 spiro atoms. The fourth-order valence-electron chi connectivity index (χ4n) is 3.65. The van der Waals surface area contributed by atoms with E-state index in [0.29, 0.717) is 12.6 Å². The lowest BCUT2D eigenvalue weighted by Crippen LogP contribution is -2.38. The molecule has 5 heteroatoms. The maximum atomic E-state index is 12.4. The zero-order valence-corrected chi connectivity index (χ0v) is 15.6.